The molecule has 2 heterocycles. The van der Waals surface area contributed by atoms with Gasteiger partial charge in [-0.15, -0.1) is 5.10 Å². The predicted octanol–water partition coefficient (Wildman–Crippen LogP) is 0.705. The first-order chi connectivity index (χ1) is 10.0. The molecule has 1 saturated heterocycles. The molecule has 0 saturated carbocycles. The number of carbonyl (C=O) groups is 1. The number of amides is 1. The highest BCUT2D eigenvalue weighted by Gasteiger charge is 2.03. The maximum atomic E-state index is 10.3. The van der Waals surface area contributed by atoms with Crippen molar-refractivity contribution in [3.63, 3.8) is 0 Å². The van der Waals surface area contributed by atoms with Crippen LogP contribution in [0.5, 0.6) is 0 Å². The third-order valence-electron chi connectivity index (χ3n) is 2.45. The minimum Gasteiger partial charge on any atom is -0.368 e. The van der Waals surface area contributed by atoms with Crippen molar-refractivity contribution < 1.29 is 4.79 Å². The summed E-state index contributed by atoms with van der Waals surface area (Å²) in [6.45, 7) is 9.31. The summed E-state index contributed by atoms with van der Waals surface area (Å²) in [6.07, 6.45) is 7.39. The Bertz CT molecular complexity index is 476. The fraction of sp³-hybridized carbons (Fsp3) is 0.429. The van der Waals surface area contributed by atoms with Gasteiger partial charge in [-0.05, 0) is 33.0 Å². The van der Waals surface area contributed by atoms with Crippen molar-refractivity contribution in [1.29, 1.82) is 5.26 Å². The third-order valence-corrected chi connectivity index (χ3v) is 2.45. The van der Waals surface area contributed by atoms with Gasteiger partial charge >= 0.3 is 0 Å². The van der Waals surface area contributed by atoms with Gasteiger partial charge in [-0.1, -0.05) is 25.3 Å². The van der Waals surface area contributed by atoms with Crippen LogP contribution in [0.25, 0.3) is 0 Å². The molecule has 114 valence electrons. The van der Waals surface area contributed by atoms with Gasteiger partial charge in [0.2, 0.25) is 5.91 Å². The van der Waals surface area contributed by atoms with Crippen molar-refractivity contribution in [2.75, 3.05) is 20.1 Å². The van der Waals surface area contributed by atoms with Crippen LogP contribution in [0, 0.1) is 11.3 Å². The quantitative estimate of drug-likeness (QED) is 0.826. The highest BCUT2D eigenvalue weighted by Crippen LogP contribution is 2.02. The van der Waals surface area contributed by atoms with E-state index in [9.17, 15) is 4.79 Å². The lowest BCUT2D eigenvalue weighted by Gasteiger charge is -2.01. The number of aromatic nitrogens is 3. The van der Waals surface area contributed by atoms with Gasteiger partial charge < -0.3 is 10.6 Å². The number of rotatable bonds is 3. The molecule has 1 aromatic rings. The second-order valence-electron chi connectivity index (χ2n) is 4.33. The van der Waals surface area contributed by atoms with E-state index in [1.807, 2.05) is 0 Å². The number of nitrogens with two attached hydrogens (primary N) is 1. The molecule has 0 aliphatic carbocycles. The molecular weight excluding hydrogens is 268 g/mol. The summed E-state index contributed by atoms with van der Waals surface area (Å²) in [6, 6.07) is 1.73. The van der Waals surface area contributed by atoms with Crippen molar-refractivity contribution in [2.45, 2.75) is 19.4 Å². The van der Waals surface area contributed by atoms with Crippen molar-refractivity contribution in [1.82, 2.24) is 19.7 Å². The summed E-state index contributed by atoms with van der Waals surface area (Å²) in [5.74, 6) is -0.481. The molecule has 0 radical (unpaired) electrons. The normalized spacial score (nSPS) is 13.0. The lowest BCUT2D eigenvalue weighted by atomic mass is 10.4. The molecule has 1 fully saturated rings. The third kappa shape index (κ3) is 10.0. The van der Waals surface area contributed by atoms with E-state index in [1.165, 1.54) is 36.9 Å². The first-order valence-electron chi connectivity index (χ1n) is 6.53. The Labute approximate surface area is 125 Å². The number of carbonyl (C=O) groups excluding carboxylic acids is 1. The highest BCUT2D eigenvalue weighted by molar-refractivity contribution is 5.73. The van der Waals surface area contributed by atoms with Gasteiger partial charge in [0, 0.05) is 0 Å². The van der Waals surface area contributed by atoms with Crippen LogP contribution in [0.2, 0.25) is 0 Å². The highest BCUT2D eigenvalue weighted by atomic mass is 16.1. The Kier molecular flexibility index (Phi) is 10.0. The van der Waals surface area contributed by atoms with E-state index in [1.54, 1.807) is 18.2 Å². The molecule has 7 nitrogen and oxygen atoms in total. The van der Waals surface area contributed by atoms with E-state index < -0.39 is 5.91 Å². The van der Waals surface area contributed by atoms with Crippen molar-refractivity contribution in [3.8, 4) is 6.07 Å². The molecule has 0 spiro atoms. The summed E-state index contributed by atoms with van der Waals surface area (Å²) in [5, 5.41) is 11.9. The van der Waals surface area contributed by atoms with E-state index in [4.69, 9.17) is 11.0 Å². The number of primary amides is 1. The zero-order chi connectivity index (χ0) is 16.1. The molecule has 1 amide bonds. The SMILES string of the molecule is C=CC=C.CN1CCCC1.N#Cc1ncn(CC(N)=O)n1. The second kappa shape index (κ2) is 11.4. The van der Waals surface area contributed by atoms with Gasteiger partial charge in [0.1, 0.15) is 18.9 Å². The second-order valence-corrected chi connectivity index (χ2v) is 4.33. The molecule has 0 unspecified atom stereocenters. The molecule has 7 heteroatoms. The minimum absolute atomic E-state index is 0.0336. The van der Waals surface area contributed by atoms with Gasteiger partial charge in [-0.2, -0.15) is 5.26 Å². The number of hydrogen-bond donors (Lipinski definition) is 1. The Morgan fingerprint density at radius 1 is 1.48 bits per heavy atom. The maximum Gasteiger partial charge on any atom is 0.252 e. The molecule has 0 bridgehead atoms. The van der Waals surface area contributed by atoms with Gasteiger partial charge in [-0.3, -0.25) is 4.79 Å². The molecule has 1 aliphatic heterocycles. The van der Waals surface area contributed by atoms with Crippen LogP contribution in [0.15, 0.2) is 31.6 Å². The fourth-order valence-corrected chi connectivity index (χ4v) is 1.46. The minimum atomic E-state index is -0.514. The van der Waals surface area contributed by atoms with Crippen molar-refractivity contribution >= 4 is 5.91 Å². The van der Waals surface area contributed by atoms with Gasteiger partial charge in [-0.25, -0.2) is 9.67 Å². The smallest absolute Gasteiger partial charge is 0.252 e. The maximum absolute atomic E-state index is 10.3. The number of nitrogens with zero attached hydrogens (tertiary/aromatic N) is 5. The predicted molar refractivity (Wildman–Crippen MR) is 81.1 cm³/mol. The Hall–Kier alpha value is -2.46. The number of allylic oxidation sites excluding steroid dienone is 2. The summed E-state index contributed by atoms with van der Waals surface area (Å²) in [4.78, 5) is 16.2. The number of nitriles is 1. The topological polar surface area (TPSA) is 101 Å². The fourth-order valence-electron chi connectivity index (χ4n) is 1.46. The number of hydrogen-bond acceptors (Lipinski definition) is 5. The molecule has 2 rings (SSSR count). The van der Waals surface area contributed by atoms with E-state index in [0.717, 1.165) is 0 Å². The van der Waals surface area contributed by atoms with E-state index >= 15 is 0 Å². The molecule has 1 aromatic heterocycles. The molecule has 0 atom stereocenters. The number of likely N-dealkylation sites (tertiary alicyclic amines) is 1. The standard InChI is InChI=1S/C5H5N5O.C5H11N.C4H6/c6-1-5-8-3-10(9-5)2-4(7)11;1-6-4-2-3-5-6;1-3-4-2/h3H,2H2,(H2,7,11);2-5H2,1H3;3-4H,1-2H2. The summed E-state index contributed by atoms with van der Waals surface area (Å²) in [5.41, 5.74) is 4.86. The van der Waals surface area contributed by atoms with Crippen LogP contribution >= 0.6 is 0 Å². The molecular formula is C14H22N6O. The Balaban J connectivity index is 0.000000335. The van der Waals surface area contributed by atoms with E-state index in [2.05, 4.69) is 35.2 Å². The van der Waals surface area contributed by atoms with Crippen LogP contribution in [-0.2, 0) is 11.3 Å². The van der Waals surface area contributed by atoms with Gasteiger partial charge in [0.15, 0.2) is 0 Å². The van der Waals surface area contributed by atoms with Crippen LogP contribution in [0.3, 0.4) is 0 Å². The largest absolute Gasteiger partial charge is 0.368 e. The lowest BCUT2D eigenvalue weighted by molar-refractivity contribution is -0.118. The summed E-state index contributed by atoms with van der Waals surface area (Å²) < 4.78 is 1.21. The lowest BCUT2D eigenvalue weighted by Crippen LogP contribution is -2.18. The summed E-state index contributed by atoms with van der Waals surface area (Å²) in [7, 11) is 2.17. The molecule has 21 heavy (non-hydrogen) atoms. The first-order valence-corrected chi connectivity index (χ1v) is 6.53. The van der Waals surface area contributed by atoms with Gasteiger partial charge in [0.05, 0.1) is 0 Å². The van der Waals surface area contributed by atoms with E-state index in [0.29, 0.717) is 0 Å². The van der Waals surface area contributed by atoms with Crippen LogP contribution in [-0.4, -0.2) is 45.7 Å². The van der Waals surface area contributed by atoms with Crippen LogP contribution in [0.1, 0.15) is 18.7 Å². The molecule has 0 aromatic carbocycles. The first kappa shape index (κ1) is 18.5. The van der Waals surface area contributed by atoms with Crippen LogP contribution in [0.4, 0.5) is 0 Å². The van der Waals surface area contributed by atoms with E-state index in [-0.39, 0.29) is 12.4 Å². The Morgan fingerprint density at radius 3 is 2.33 bits per heavy atom. The van der Waals surface area contributed by atoms with Crippen molar-refractivity contribution in [2.24, 2.45) is 5.73 Å². The van der Waals surface area contributed by atoms with Crippen LogP contribution < -0.4 is 5.73 Å². The summed E-state index contributed by atoms with van der Waals surface area (Å²) >= 11 is 0. The van der Waals surface area contributed by atoms with Gasteiger partial charge in [0.25, 0.3) is 5.82 Å². The Morgan fingerprint density at radius 2 is 2.05 bits per heavy atom. The zero-order valence-electron chi connectivity index (χ0n) is 12.4. The average molecular weight is 290 g/mol. The zero-order valence-corrected chi connectivity index (χ0v) is 12.4. The monoisotopic (exact) mass is 290 g/mol. The molecule has 1 aliphatic rings. The molecule has 2 N–H and O–H groups in total. The average Bonchev–Trinajstić information content (AvgIpc) is 3.10. The van der Waals surface area contributed by atoms with Crippen molar-refractivity contribution in [3.05, 3.63) is 37.5 Å².